The molecule has 0 radical (unpaired) electrons. The second-order valence-electron chi connectivity index (χ2n) is 6.83. The summed E-state index contributed by atoms with van der Waals surface area (Å²) in [6, 6.07) is 0. The van der Waals surface area contributed by atoms with Gasteiger partial charge in [0.25, 0.3) is 0 Å². The highest BCUT2D eigenvalue weighted by atomic mass is 79.9. The van der Waals surface area contributed by atoms with Crippen molar-refractivity contribution in [2.75, 3.05) is 0 Å². The molecule has 6 atom stereocenters. The van der Waals surface area contributed by atoms with Crippen molar-refractivity contribution < 1.29 is 14.3 Å². The average Bonchev–Trinajstić information content (AvgIpc) is 2.83. The van der Waals surface area contributed by atoms with Crippen LogP contribution in [-0.2, 0) is 4.79 Å². The molecule has 3 aliphatic rings. The molecule has 0 bridgehead atoms. The average molecular weight is 406 g/mol. The maximum Gasteiger partial charge on any atom is 0.306 e. The zero-order valence-electron chi connectivity index (χ0n) is 13.0. The van der Waals surface area contributed by atoms with Crippen molar-refractivity contribution in [2.45, 2.75) is 55.1 Å². The van der Waals surface area contributed by atoms with Crippen LogP contribution in [0.2, 0.25) is 0 Å². The number of rotatable bonds is 2. The van der Waals surface area contributed by atoms with E-state index in [1.807, 2.05) is 0 Å². The van der Waals surface area contributed by atoms with E-state index in [1.54, 1.807) is 26.0 Å². The van der Waals surface area contributed by atoms with Gasteiger partial charge in [-0.05, 0) is 19.8 Å². The van der Waals surface area contributed by atoms with Crippen LogP contribution >= 0.6 is 27.5 Å². The predicted molar refractivity (Wildman–Crippen MR) is 92.8 cm³/mol. The molecule has 0 aromatic carbocycles. The maximum absolute atomic E-state index is 14.8. The molecule has 1 aliphatic heterocycles. The van der Waals surface area contributed by atoms with E-state index in [0.717, 1.165) is 5.71 Å². The van der Waals surface area contributed by atoms with Crippen LogP contribution in [0, 0.1) is 11.3 Å². The lowest BCUT2D eigenvalue weighted by Gasteiger charge is -2.46. The van der Waals surface area contributed by atoms with Gasteiger partial charge in [-0.25, -0.2) is 4.39 Å². The lowest BCUT2D eigenvalue weighted by Crippen LogP contribution is -2.53. The number of aliphatic imine (C=N–C) groups is 2. The smallest absolute Gasteiger partial charge is 0.306 e. The van der Waals surface area contributed by atoms with Crippen molar-refractivity contribution >= 4 is 44.9 Å². The first kappa shape index (κ1) is 17.1. The fourth-order valence-electron chi connectivity index (χ4n) is 3.65. The van der Waals surface area contributed by atoms with E-state index < -0.39 is 34.5 Å². The van der Waals surface area contributed by atoms with Gasteiger partial charge in [0.1, 0.15) is 6.17 Å². The summed E-state index contributed by atoms with van der Waals surface area (Å²) in [5.74, 6) is -1.33. The third-order valence-corrected chi connectivity index (χ3v) is 6.86. The van der Waals surface area contributed by atoms with Gasteiger partial charge in [0.05, 0.1) is 33.0 Å². The summed E-state index contributed by atoms with van der Waals surface area (Å²) in [6.45, 7) is 3.57. The molecule has 4 nitrogen and oxygen atoms in total. The van der Waals surface area contributed by atoms with Gasteiger partial charge in [-0.2, -0.15) is 0 Å². The highest BCUT2D eigenvalue weighted by molar-refractivity contribution is 9.10. The van der Waals surface area contributed by atoms with Crippen molar-refractivity contribution in [2.24, 2.45) is 21.3 Å². The highest BCUT2D eigenvalue weighted by Gasteiger charge is 2.58. The Morgan fingerprint density at radius 2 is 2.17 bits per heavy atom. The Bertz CT molecular complexity index is 638. The number of hydrogen-bond acceptors (Lipinski definition) is 3. The number of halogens is 3. The van der Waals surface area contributed by atoms with Crippen LogP contribution in [0.25, 0.3) is 0 Å². The Labute approximate surface area is 148 Å². The largest absolute Gasteiger partial charge is 0.481 e. The summed E-state index contributed by atoms with van der Waals surface area (Å²) >= 11 is 9.94. The van der Waals surface area contributed by atoms with E-state index in [2.05, 4.69) is 20.9 Å². The van der Waals surface area contributed by atoms with Gasteiger partial charge >= 0.3 is 5.97 Å². The number of carboxylic acid groups (broad SMARTS) is 1. The minimum atomic E-state index is -1.15. The van der Waals surface area contributed by atoms with Crippen LogP contribution in [0.5, 0.6) is 0 Å². The number of allylic oxidation sites excluding steroid dienone is 2. The molecule has 126 valence electrons. The standard InChI is InChI=1S/C16H19BrClFN2O2/c1-15(11(18)4-3-5-12(15)19)16(2)20-10-7-8(14(22)23)6-9(17)13(10)21-16/h3-4,8-9,11-12H,5-7H2,1-2H3,(H,22,23). The zero-order valence-corrected chi connectivity index (χ0v) is 15.3. The van der Waals surface area contributed by atoms with Crippen LogP contribution in [0.1, 0.15) is 33.1 Å². The molecule has 0 amide bonds. The number of alkyl halides is 3. The first-order valence-electron chi connectivity index (χ1n) is 7.69. The molecule has 2 aliphatic carbocycles. The van der Waals surface area contributed by atoms with Crippen LogP contribution in [-0.4, -0.2) is 44.5 Å². The summed E-state index contributed by atoms with van der Waals surface area (Å²) in [7, 11) is 0. The minimum Gasteiger partial charge on any atom is -0.481 e. The zero-order chi connectivity index (χ0) is 17.0. The molecule has 6 unspecified atom stereocenters. The maximum atomic E-state index is 14.8. The number of carbonyl (C=O) groups is 1. The molecule has 0 aromatic heterocycles. The van der Waals surface area contributed by atoms with E-state index in [4.69, 9.17) is 16.6 Å². The van der Waals surface area contributed by atoms with Crippen molar-refractivity contribution in [1.29, 1.82) is 0 Å². The summed E-state index contributed by atoms with van der Waals surface area (Å²) < 4.78 is 14.8. The van der Waals surface area contributed by atoms with Crippen LogP contribution in [0.3, 0.4) is 0 Å². The second kappa shape index (κ2) is 5.66. The molecule has 1 heterocycles. The third-order valence-electron chi connectivity index (χ3n) is 5.46. The topological polar surface area (TPSA) is 62.0 Å². The first-order valence-corrected chi connectivity index (χ1v) is 9.05. The lowest BCUT2D eigenvalue weighted by atomic mass is 9.68. The summed E-state index contributed by atoms with van der Waals surface area (Å²) in [5, 5.41) is 8.76. The number of hydrogen-bond donors (Lipinski definition) is 1. The Hall–Kier alpha value is -0.750. The van der Waals surface area contributed by atoms with E-state index in [0.29, 0.717) is 25.0 Å². The molecule has 0 saturated heterocycles. The van der Waals surface area contributed by atoms with Crippen LogP contribution < -0.4 is 0 Å². The van der Waals surface area contributed by atoms with E-state index in [-0.39, 0.29) is 4.83 Å². The molecule has 1 N–H and O–H groups in total. The molecule has 1 fully saturated rings. The fraction of sp³-hybridized carbons (Fsp3) is 0.688. The molecule has 0 aromatic rings. The van der Waals surface area contributed by atoms with E-state index in [9.17, 15) is 14.3 Å². The highest BCUT2D eigenvalue weighted by Crippen LogP contribution is 2.51. The van der Waals surface area contributed by atoms with Crippen molar-refractivity contribution in [3.63, 3.8) is 0 Å². The molecule has 0 spiro atoms. The number of carboxylic acids is 1. The Balaban J connectivity index is 2.02. The second-order valence-corrected chi connectivity index (χ2v) is 8.41. The summed E-state index contributed by atoms with van der Waals surface area (Å²) in [6.07, 6.45) is 3.49. The SMILES string of the molecule is CC1(C2(C)C(Cl)C=CCC2F)N=C2CC(C(=O)O)CC(Br)C2=N1. The number of fused-ring (bicyclic) bond motifs is 1. The molecule has 23 heavy (non-hydrogen) atoms. The fourth-order valence-corrected chi connectivity index (χ4v) is 4.91. The lowest BCUT2D eigenvalue weighted by molar-refractivity contribution is -0.141. The molecule has 1 saturated carbocycles. The number of nitrogens with zero attached hydrogens (tertiary/aromatic N) is 2. The Morgan fingerprint density at radius 3 is 2.78 bits per heavy atom. The molecular formula is C16H19BrClFN2O2. The monoisotopic (exact) mass is 404 g/mol. The number of aliphatic carboxylic acids is 1. The summed E-state index contributed by atoms with van der Waals surface area (Å²) in [4.78, 5) is 20.5. The van der Waals surface area contributed by atoms with Crippen molar-refractivity contribution in [3.05, 3.63) is 12.2 Å². The van der Waals surface area contributed by atoms with Gasteiger partial charge in [0.2, 0.25) is 0 Å². The first-order chi connectivity index (χ1) is 10.7. The molecule has 7 heteroatoms. The summed E-state index contributed by atoms with van der Waals surface area (Å²) in [5.41, 5.74) is -0.573. The van der Waals surface area contributed by atoms with Gasteiger partial charge in [-0.1, -0.05) is 35.0 Å². The van der Waals surface area contributed by atoms with Crippen LogP contribution in [0.15, 0.2) is 22.1 Å². The minimum absolute atomic E-state index is 0.174. The normalized spacial score (nSPS) is 46.1. The quantitative estimate of drug-likeness (QED) is 0.561. The van der Waals surface area contributed by atoms with Gasteiger partial charge in [0.15, 0.2) is 5.66 Å². The van der Waals surface area contributed by atoms with Crippen LogP contribution in [0.4, 0.5) is 4.39 Å². The van der Waals surface area contributed by atoms with Gasteiger partial charge in [0, 0.05) is 6.42 Å². The van der Waals surface area contributed by atoms with Crippen molar-refractivity contribution in [3.8, 4) is 0 Å². The Morgan fingerprint density at radius 1 is 1.48 bits per heavy atom. The van der Waals surface area contributed by atoms with Gasteiger partial charge < -0.3 is 5.11 Å². The molecule has 3 rings (SSSR count). The third kappa shape index (κ3) is 2.49. The van der Waals surface area contributed by atoms with Gasteiger partial charge in [-0.15, -0.1) is 11.6 Å². The molecular weight excluding hydrogens is 387 g/mol. The van der Waals surface area contributed by atoms with Gasteiger partial charge in [-0.3, -0.25) is 14.8 Å². The Kier molecular flexibility index (Phi) is 4.20. The van der Waals surface area contributed by atoms with E-state index >= 15 is 0 Å². The van der Waals surface area contributed by atoms with E-state index in [1.165, 1.54) is 0 Å². The van der Waals surface area contributed by atoms with Crippen molar-refractivity contribution in [1.82, 2.24) is 0 Å². The predicted octanol–water partition coefficient (Wildman–Crippen LogP) is 3.77.